The average Bonchev–Trinajstić information content (AvgIpc) is 2.89. The molecular formula is C13H17FN2O2. The van der Waals surface area contributed by atoms with Crippen molar-refractivity contribution in [2.45, 2.75) is 19.4 Å². The zero-order chi connectivity index (χ0) is 13.0. The molecule has 0 bridgehead atoms. The third-order valence-corrected chi connectivity index (χ3v) is 2.99. The molecular weight excluding hydrogens is 235 g/mol. The topological polar surface area (TPSA) is 55.6 Å². The normalized spacial score (nSPS) is 14.9. The van der Waals surface area contributed by atoms with Gasteiger partial charge in [0.15, 0.2) is 6.61 Å². The third kappa shape index (κ3) is 3.20. The maximum Gasteiger partial charge on any atom is 0.260 e. The van der Waals surface area contributed by atoms with E-state index in [1.54, 1.807) is 11.0 Å². The van der Waals surface area contributed by atoms with Gasteiger partial charge in [-0.15, -0.1) is 0 Å². The van der Waals surface area contributed by atoms with Crippen LogP contribution >= 0.6 is 0 Å². The van der Waals surface area contributed by atoms with Crippen LogP contribution in [0.1, 0.15) is 18.4 Å². The van der Waals surface area contributed by atoms with E-state index >= 15 is 0 Å². The van der Waals surface area contributed by atoms with E-state index in [4.69, 9.17) is 10.5 Å². The summed E-state index contributed by atoms with van der Waals surface area (Å²) in [5.74, 6) is -0.101. The molecule has 0 aliphatic carbocycles. The summed E-state index contributed by atoms with van der Waals surface area (Å²) in [5.41, 5.74) is 6.10. The summed E-state index contributed by atoms with van der Waals surface area (Å²) < 4.78 is 18.5. The van der Waals surface area contributed by atoms with Crippen LogP contribution in [0.3, 0.4) is 0 Å². The first-order valence-electron chi connectivity index (χ1n) is 6.09. The van der Waals surface area contributed by atoms with Crippen molar-refractivity contribution in [1.82, 2.24) is 4.90 Å². The zero-order valence-electron chi connectivity index (χ0n) is 10.2. The number of likely N-dealkylation sites (tertiary alicyclic amines) is 1. The SMILES string of the molecule is NCc1cc(F)cc(OCC(=O)N2CCCC2)c1. The Hall–Kier alpha value is -1.62. The lowest BCUT2D eigenvalue weighted by Crippen LogP contribution is -2.32. The first-order chi connectivity index (χ1) is 8.69. The van der Waals surface area contributed by atoms with Gasteiger partial charge < -0.3 is 15.4 Å². The molecule has 4 nitrogen and oxygen atoms in total. The molecule has 2 rings (SSSR count). The van der Waals surface area contributed by atoms with Crippen LogP contribution in [0.25, 0.3) is 0 Å². The fourth-order valence-electron chi connectivity index (χ4n) is 2.02. The quantitative estimate of drug-likeness (QED) is 0.878. The van der Waals surface area contributed by atoms with Crippen molar-refractivity contribution in [2.24, 2.45) is 5.73 Å². The summed E-state index contributed by atoms with van der Waals surface area (Å²) in [6.45, 7) is 1.78. The molecule has 0 unspecified atom stereocenters. The monoisotopic (exact) mass is 252 g/mol. The van der Waals surface area contributed by atoms with Crippen molar-refractivity contribution >= 4 is 5.91 Å². The van der Waals surface area contributed by atoms with E-state index in [2.05, 4.69) is 0 Å². The van der Waals surface area contributed by atoms with Crippen molar-refractivity contribution in [1.29, 1.82) is 0 Å². The molecule has 1 heterocycles. The van der Waals surface area contributed by atoms with Gasteiger partial charge in [-0.25, -0.2) is 4.39 Å². The molecule has 1 saturated heterocycles. The Bertz CT molecular complexity index is 431. The van der Waals surface area contributed by atoms with Gasteiger partial charge in [0.05, 0.1) is 0 Å². The van der Waals surface area contributed by atoms with E-state index in [0.717, 1.165) is 25.9 Å². The lowest BCUT2D eigenvalue weighted by Gasteiger charge is -2.15. The highest BCUT2D eigenvalue weighted by atomic mass is 19.1. The minimum absolute atomic E-state index is 0.0482. The number of amides is 1. The highest BCUT2D eigenvalue weighted by Gasteiger charge is 2.18. The summed E-state index contributed by atoms with van der Waals surface area (Å²) >= 11 is 0. The number of rotatable bonds is 4. The number of hydrogen-bond acceptors (Lipinski definition) is 3. The van der Waals surface area contributed by atoms with Crippen molar-refractivity contribution in [3.63, 3.8) is 0 Å². The first kappa shape index (κ1) is 12.8. The van der Waals surface area contributed by atoms with Crippen LogP contribution in [0.5, 0.6) is 5.75 Å². The number of carbonyl (C=O) groups excluding carboxylic acids is 1. The van der Waals surface area contributed by atoms with Gasteiger partial charge in [-0.1, -0.05) is 0 Å². The van der Waals surface area contributed by atoms with E-state index in [9.17, 15) is 9.18 Å². The molecule has 0 saturated carbocycles. The molecule has 0 aromatic heterocycles. The van der Waals surface area contributed by atoms with Crippen molar-refractivity contribution in [2.75, 3.05) is 19.7 Å². The molecule has 5 heteroatoms. The lowest BCUT2D eigenvalue weighted by molar-refractivity contribution is -0.132. The van der Waals surface area contributed by atoms with Gasteiger partial charge in [0, 0.05) is 25.7 Å². The zero-order valence-corrected chi connectivity index (χ0v) is 10.2. The largest absolute Gasteiger partial charge is 0.484 e. The van der Waals surface area contributed by atoms with E-state index < -0.39 is 5.82 Å². The molecule has 1 aliphatic heterocycles. The van der Waals surface area contributed by atoms with Gasteiger partial charge in [-0.05, 0) is 30.5 Å². The molecule has 0 atom stereocenters. The van der Waals surface area contributed by atoms with Crippen LogP contribution in [0.2, 0.25) is 0 Å². The molecule has 0 radical (unpaired) electrons. The summed E-state index contributed by atoms with van der Waals surface area (Å²) in [4.78, 5) is 13.5. The van der Waals surface area contributed by atoms with Gasteiger partial charge in [0.25, 0.3) is 5.91 Å². The third-order valence-electron chi connectivity index (χ3n) is 2.99. The number of carbonyl (C=O) groups is 1. The standard InChI is InChI=1S/C13H17FN2O2/c14-11-5-10(8-15)6-12(7-11)18-9-13(17)16-3-1-2-4-16/h5-7H,1-4,8-9,15H2. The molecule has 1 aliphatic rings. The van der Waals surface area contributed by atoms with Crippen LogP contribution < -0.4 is 10.5 Å². The Labute approximate surface area is 106 Å². The summed E-state index contributed by atoms with van der Waals surface area (Å²) in [6.07, 6.45) is 2.09. The predicted octanol–water partition coefficient (Wildman–Crippen LogP) is 1.29. The number of halogens is 1. The lowest BCUT2D eigenvalue weighted by atomic mass is 10.2. The second-order valence-electron chi connectivity index (χ2n) is 4.38. The van der Waals surface area contributed by atoms with Gasteiger partial charge >= 0.3 is 0 Å². The van der Waals surface area contributed by atoms with E-state index in [1.807, 2.05) is 0 Å². The first-order valence-corrected chi connectivity index (χ1v) is 6.09. The summed E-state index contributed by atoms with van der Waals surface area (Å²) in [6, 6.07) is 4.27. The summed E-state index contributed by atoms with van der Waals surface area (Å²) in [5, 5.41) is 0. The maximum atomic E-state index is 13.2. The van der Waals surface area contributed by atoms with Crippen LogP contribution in [-0.4, -0.2) is 30.5 Å². The fourth-order valence-corrected chi connectivity index (χ4v) is 2.02. The number of hydrogen-bond donors (Lipinski definition) is 1. The van der Waals surface area contributed by atoms with Crippen LogP contribution in [0.4, 0.5) is 4.39 Å². The molecule has 2 N–H and O–H groups in total. The number of nitrogens with two attached hydrogens (primary N) is 1. The van der Waals surface area contributed by atoms with Crippen LogP contribution in [-0.2, 0) is 11.3 Å². The highest BCUT2D eigenvalue weighted by molar-refractivity contribution is 5.78. The molecule has 98 valence electrons. The molecule has 1 aromatic rings. The van der Waals surface area contributed by atoms with E-state index in [0.29, 0.717) is 11.3 Å². The molecule has 1 aromatic carbocycles. The minimum atomic E-state index is -0.401. The Morgan fingerprint density at radius 3 is 2.72 bits per heavy atom. The Morgan fingerprint density at radius 1 is 1.33 bits per heavy atom. The second kappa shape index (κ2) is 5.82. The molecule has 1 fully saturated rings. The maximum absolute atomic E-state index is 13.2. The Morgan fingerprint density at radius 2 is 2.06 bits per heavy atom. The number of nitrogens with zero attached hydrogens (tertiary/aromatic N) is 1. The number of benzene rings is 1. The van der Waals surface area contributed by atoms with Crippen molar-refractivity contribution < 1.29 is 13.9 Å². The van der Waals surface area contributed by atoms with Crippen LogP contribution in [0, 0.1) is 5.82 Å². The molecule has 18 heavy (non-hydrogen) atoms. The Balaban J connectivity index is 1.92. The minimum Gasteiger partial charge on any atom is -0.484 e. The Kier molecular flexibility index (Phi) is 4.15. The van der Waals surface area contributed by atoms with Gasteiger partial charge in [-0.3, -0.25) is 4.79 Å². The summed E-state index contributed by atoms with van der Waals surface area (Å²) in [7, 11) is 0. The van der Waals surface area contributed by atoms with Crippen molar-refractivity contribution in [3.8, 4) is 5.75 Å². The van der Waals surface area contributed by atoms with Crippen LogP contribution in [0.15, 0.2) is 18.2 Å². The molecule has 1 amide bonds. The number of ether oxygens (including phenoxy) is 1. The average molecular weight is 252 g/mol. The molecule has 0 spiro atoms. The van der Waals surface area contributed by atoms with Gasteiger partial charge in [0.1, 0.15) is 11.6 Å². The second-order valence-corrected chi connectivity index (χ2v) is 4.38. The predicted molar refractivity (Wildman–Crippen MR) is 65.6 cm³/mol. The smallest absolute Gasteiger partial charge is 0.260 e. The highest BCUT2D eigenvalue weighted by Crippen LogP contribution is 2.16. The van der Waals surface area contributed by atoms with E-state index in [1.165, 1.54) is 12.1 Å². The fraction of sp³-hybridized carbons (Fsp3) is 0.462. The van der Waals surface area contributed by atoms with Gasteiger partial charge in [-0.2, -0.15) is 0 Å². The van der Waals surface area contributed by atoms with Crippen molar-refractivity contribution in [3.05, 3.63) is 29.6 Å². The van der Waals surface area contributed by atoms with Gasteiger partial charge in [0.2, 0.25) is 0 Å². The van der Waals surface area contributed by atoms with E-state index in [-0.39, 0.29) is 19.1 Å².